The van der Waals surface area contributed by atoms with Crippen molar-refractivity contribution in [2.75, 3.05) is 13.2 Å². The number of carbonyl (C=O) groups is 1. The minimum absolute atomic E-state index is 0.0322. The Kier molecular flexibility index (Phi) is 3.46. The Labute approximate surface area is 116 Å². The summed E-state index contributed by atoms with van der Waals surface area (Å²) in [5, 5.41) is 9.02. The summed E-state index contributed by atoms with van der Waals surface area (Å²) in [6.07, 6.45) is 2.50. The summed E-state index contributed by atoms with van der Waals surface area (Å²) >= 11 is 0. The highest BCUT2D eigenvalue weighted by atomic mass is 19.2. The predicted molar refractivity (Wildman–Crippen MR) is 69.0 cm³/mol. The number of aliphatic hydroxyl groups is 1. The summed E-state index contributed by atoms with van der Waals surface area (Å²) in [5.74, 6) is -2.23. The van der Waals surface area contributed by atoms with Gasteiger partial charge in [0, 0.05) is 18.5 Å². The van der Waals surface area contributed by atoms with Crippen LogP contribution in [0.5, 0.6) is 0 Å². The largest absolute Gasteiger partial charge is 0.395 e. The molecule has 2 atom stereocenters. The Morgan fingerprint density at radius 3 is 2.75 bits per heavy atom. The van der Waals surface area contributed by atoms with Gasteiger partial charge in [-0.25, -0.2) is 8.78 Å². The van der Waals surface area contributed by atoms with E-state index in [1.165, 1.54) is 6.07 Å². The van der Waals surface area contributed by atoms with Crippen LogP contribution in [0.2, 0.25) is 0 Å². The summed E-state index contributed by atoms with van der Waals surface area (Å²) in [5.41, 5.74) is 0.295. The molecule has 0 aromatic heterocycles. The number of aliphatic hydroxyl groups excluding tert-OH is 1. The molecule has 2 fully saturated rings. The zero-order chi connectivity index (χ0) is 14.3. The number of nitrogens with zero attached hydrogens (tertiary/aromatic N) is 1. The second-order valence-electron chi connectivity index (χ2n) is 5.58. The van der Waals surface area contributed by atoms with Gasteiger partial charge in [0.25, 0.3) is 0 Å². The maximum absolute atomic E-state index is 13.7. The molecule has 2 saturated carbocycles. The van der Waals surface area contributed by atoms with Crippen LogP contribution in [0, 0.1) is 17.6 Å². The highest BCUT2D eigenvalue weighted by molar-refractivity contribution is 5.83. The van der Waals surface area contributed by atoms with E-state index in [-0.39, 0.29) is 30.4 Å². The van der Waals surface area contributed by atoms with E-state index in [0.29, 0.717) is 18.5 Å². The molecular weight excluding hydrogens is 264 g/mol. The number of halogens is 2. The third kappa shape index (κ3) is 2.42. The third-order valence-corrected chi connectivity index (χ3v) is 4.10. The lowest BCUT2D eigenvalue weighted by atomic mass is 10.1. The smallest absolute Gasteiger partial charge is 0.226 e. The Hall–Kier alpha value is -1.49. The molecule has 2 aliphatic carbocycles. The fourth-order valence-electron chi connectivity index (χ4n) is 2.80. The van der Waals surface area contributed by atoms with Crippen molar-refractivity contribution in [1.29, 1.82) is 0 Å². The average molecular weight is 281 g/mol. The second-order valence-corrected chi connectivity index (χ2v) is 5.58. The summed E-state index contributed by atoms with van der Waals surface area (Å²) in [7, 11) is 0. The molecule has 1 aromatic carbocycles. The zero-order valence-electron chi connectivity index (χ0n) is 11.1. The maximum atomic E-state index is 13.7. The van der Waals surface area contributed by atoms with Crippen molar-refractivity contribution >= 4 is 5.91 Å². The first kappa shape index (κ1) is 13.5. The van der Waals surface area contributed by atoms with Crippen molar-refractivity contribution < 1.29 is 18.7 Å². The lowest BCUT2D eigenvalue weighted by Crippen LogP contribution is -2.36. The molecule has 3 rings (SSSR count). The summed E-state index contributed by atoms with van der Waals surface area (Å²) in [6.45, 7) is 0.270. The quantitative estimate of drug-likeness (QED) is 0.897. The van der Waals surface area contributed by atoms with Gasteiger partial charge in [0.1, 0.15) is 0 Å². The molecule has 0 aliphatic heterocycles. The van der Waals surface area contributed by atoms with E-state index < -0.39 is 11.6 Å². The summed E-state index contributed by atoms with van der Waals surface area (Å²) < 4.78 is 26.9. The number of carbonyl (C=O) groups excluding carboxylic acids is 1. The van der Waals surface area contributed by atoms with Crippen LogP contribution < -0.4 is 0 Å². The van der Waals surface area contributed by atoms with Crippen LogP contribution >= 0.6 is 0 Å². The molecule has 2 unspecified atom stereocenters. The van der Waals surface area contributed by atoms with Gasteiger partial charge in [-0.2, -0.15) is 0 Å². The SMILES string of the molecule is O=C(C1CC1c1cccc(F)c1F)N(CCO)C1CC1. The molecule has 1 aromatic rings. The van der Waals surface area contributed by atoms with Crippen molar-refractivity contribution in [1.82, 2.24) is 4.90 Å². The van der Waals surface area contributed by atoms with Gasteiger partial charge in [0.2, 0.25) is 5.91 Å². The van der Waals surface area contributed by atoms with E-state index in [2.05, 4.69) is 0 Å². The first-order valence-electron chi connectivity index (χ1n) is 6.98. The first-order valence-corrected chi connectivity index (χ1v) is 6.98. The molecule has 0 radical (unpaired) electrons. The fraction of sp³-hybridized carbons (Fsp3) is 0.533. The van der Waals surface area contributed by atoms with Gasteiger partial charge in [-0.3, -0.25) is 4.79 Å². The molecule has 3 nitrogen and oxygen atoms in total. The monoisotopic (exact) mass is 281 g/mol. The molecule has 2 aliphatic rings. The van der Waals surface area contributed by atoms with Gasteiger partial charge in [-0.15, -0.1) is 0 Å². The minimum atomic E-state index is -0.866. The van der Waals surface area contributed by atoms with E-state index in [1.54, 1.807) is 11.0 Å². The maximum Gasteiger partial charge on any atom is 0.226 e. The number of hydrogen-bond acceptors (Lipinski definition) is 2. The highest BCUT2D eigenvalue weighted by Gasteiger charge is 2.49. The molecule has 0 saturated heterocycles. The molecule has 108 valence electrons. The van der Waals surface area contributed by atoms with Crippen LogP contribution in [0.1, 0.15) is 30.7 Å². The van der Waals surface area contributed by atoms with E-state index in [4.69, 9.17) is 5.11 Å². The van der Waals surface area contributed by atoms with Crippen molar-refractivity contribution in [2.24, 2.45) is 5.92 Å². The summed E-state index contributed by atoms with van der Waals surface area (Å²) in [4.78, 5) is 14.1. The van der Waals surface area contributed by atoms with Gasteiger partial charge < -0.3 is 10.0 Å². The van der Waals surface area contributed by atoms with Gasteiger partial charge in [0.05, 0.1) is 6.61 Å². The van der Waals surface area contributed by atoms with Gasteiger partial charge in [-0.1, -0.05) is 12.1 Å². The predicted octanol–water partition coefficient (Wildman–Crippen LogP) is 2.05. The van der Waals surface area contributed by atoms with Crippen molar-refractivity contribution in [3.05, 3.63) is 35.4 Å². The Morgan fingerprint density at radius 2 is 2.10 bits per heavy atom. The number of amides is 1. The van der Waals surface area contributed by atoms with E-state index in [1.807, 2.05) is 0 Å². The average Bonchev–Trinajstić information content (AvgIpc) is 3.30. The van der Waals surface area contributed by atoms with Gasteiger partial charge >= 0.3 is 0 Å². The zero-order valence-corrected chi connectivity index (χ0v) is 11.1. The number of hydrogen-bond donors (Lipinski definition) is 1. The molecule has 20 heavy (non-hydrogen) atoms. The minimum Gasteiger partial charge on any atom is -0.395 e. The standard InChI is InChI=1S/C15H17F2NO2/c16-13-3-1-2-10(14(13)17)11-8-12(11)15(20)18(6-7-19)9-4-5-9/h1-3,9,11-12,19H,4-8H2. The van der Waals surface area contributed by atoms with E-state index in [9.17, 15) is 13.6 Å². The molecule has 1 amide bonds. The highest BCUT2D eigenvalue weighted by Crippen LogP contribution is 2.50. The Bertz CT molecular complexity index is 531. The van der Waals surface area contributed by atoms with Crippen molar-refractivity contribution in [2.45, 2.75) is 31.2 Å². The molecule has 5 heteroatoms. The first-order chi connectivity index (χ1) is 9.63. The van der Waals surface area contributed by atoms with Gasteiger partial charge in [0.15, 0.2) is 11.6 Å². The van der Waals surface area contributed by atoms with Crippen molar-refractivity contribution in [3.63, 3.8) is 0 Å². The molecule has 0 spiro atoms. The van der Waals surface area contributed by atoms with Crippen LogP contribution in [0.3, 0.4) is 0 Å². The third-order valence-electron chi connectivity index (χ3n) is 4.10. The van der Waals surface area contributed by atoms with E-state index in [0.717, 1.165) is 18.9 Å². The molecule has 1 N–H and O–H groups in total. The van der Waals surface area contributed by atoms with Crippen LogP contribution in [-0.2, 0) is 4.79 Å². The van der Waals surface area contributed by atoms with Crippen LogP contribution in [0.4, 0.5) is 8.78 Å². The van der Waals surface area contributed by atoms with Crippen molar-refractivity contribution in [3.8, 4) is 0 Å². The normalized spacial score (nSPS) is 24.6. The molecule has 0 heterocycles. The Morgan fingerprint density at radius 1 is 1.35 bits per heavy atom. The van der Waals surface area contributed by atoms with Crippen LogP contribution in [-0.4, -0.2) is 35.1 Å². The topological polar surface area (TPSA) is 40.5 Å². The molecular formula is C15H17F2NO2. The van der Waals surface area contributed by atoms with Gasteiger partial charge in [-0.05, 0) is 36.8 Å². The summed E-state index contributed by atoms with van der Waals surface area (Å²) in [6, 6.07) is 4.33. The number of benzene rings is 1. The number of rotatable bonds is 5. The lowest BCUT2D eigenvalue weighted by Gasteiger charge is -2.21. The fourth-order valence-corrected chi connectivity index (χ4v) is 2.80. The Balaban J connectivity index is 1.71. The van der Waals surface area contributed by atoms with Crippen LogP contribution in [0.15, 0.2) is 18.2 Å². The van der Waals surface area contributed by atoms with Crippen LogP contribution in [0.25, 0.3) is 0 Å². The van der Waals surface area contributed by atoms with E-state index >= 15 is 0 Å². The lowest BCUT2D eigenvalue weighted by molar-refractivity contribution is -0.133. The second kappa shape index (κ2) is 5.13. The molecule has 0 bridgehead atoms.